The van der Waals surface area contributed by atoms with Crippen LogP contribution >= 0.6 is 11.3 Å². The van der Waals surface area contributed by atoms with Gasteiger partial charge in [0.1, 0.15) is 11.3 Å². The standard InChI is InChI=1S/C13H15FN2O2S/c14-8-5-7(17)6-11-12(8)16-13(19-11)15-9-3-1-2-4-10(9)18/h5-6,9-10,17-18H,1-4H2,(H,15,16)/t9-,10-/m0/s1. The zero-order valence-electron chi connectivity index (χ0n) is 10.3. The molecule has 0 spiro atoms. The van der Waals surface area contributed by atoms with Gasteiger partial charge in [-0.15, -0.1) is 0 Å². The van der Waals surface area contributed by atoms with Crippen LogP contribution in [0.5, 0.6) is 5.75 Å². The molecule has 2 aromatic rings. The van der Waals surface area contributed by atoms with Crippen molar-refractivity contribution in [1.29, 1.82) is 0 Å². The lowest BCUT2D eigenvalue weighted by molar-refractivity contribution is 0.116. The largest absolute Gasteiger partial charge is 0.508 e. The van der Waals surface area contributed by atoms with E-state index in [-0.39, 0.29) is 23.4 Å². The number of fused-ring (bicyclic) bond motifs is 1. The first-order valence-electron chi connectivity index (χ1n) is 6.37. The minimum Gasteiger partial charge on any atom is -0.508 e. The molecule has 3 N–H and O–H groups in total. The monoisotopic (exact) mass is 282 g/mol. The summed E-state index contributed by atoms with van der Waals surface area (Å²) in [5, 5.41) is 23.0. The summed E-state index contributed by atoms with van der Waals surface area (Å²) in [7, 11) is 0. The van der Waals surface area contributed by atoms with Crippen molar-refractivity contribution in [3.63, 3.8) is 0 Å². The van der Waals surface area contributed by atoms with E-state index in [2.05, 4.69) is 10.3 Å². The van der Waals surface area contributed by atoms with Crippen LogP contribution in [0.15, 0.2) is 12.1 Å². The number of halogens is 1. The Labute approximate surface area is 113 Å². The lowest BCUT2D eigenvalue weighted by Crippen LogP contribution is -2.36. The SMILES string of the molecule is Oc1cc(F)c2nc(N[C@H]3CCCC[C@@H]3O)sc2c1. The molecule has 1 heterocycles. The molecule has 1 saturated carbocycles. The second-order valence-electron chi connectivity index (χ2n) is 4.90. The van der Waals surface area contributed by atoms with Crippen LogP contribution in [-0.4, -0.2) is 27.3 Å². The molecule has 0 radical (unpaired) electrons. The van der Waals surface area contributed by atoms with Gasteiger partial charge in [0.2, 0.25) is 0 Å². The van der Waals surface area contributed by atoms with E-state index in [0.717, 1.165) is 31.7 Å². The lowest BCUT2D eigenvalue weighted by atomic mass is 9.93. The summed E-state index contributed by atoms with van der Waals surface area (Å²) in [4.78, 5) is 4.19. The quantitative estimate of drug-likeness (QED) is 0.792. The summed E-state index contributed by atoms with van der Waals surface area (Å²) in [6, 6.07) is 2.53. The molecule has 6 heteroatoms. The van der Waals surface area contributed by atoms with E-state index in [4.69, 9.17) is 0 Å². The third-order valence-electron chi connectivity index (χ3n) is 3.47. The molecule has 1 fully saturated rings. The first-order valence-corrected chi connectivity index (χ1v) is 7.19. The van der Waals surface area contributed by atoms with Crippen LogP contribution < -0.4 is 5.32 Å². The number of aliphatic hydroxyl groups excluding tert-OH is 1. The zero-order valence-corrected chi connectivity index (χ0v) is 11.1. The van der Waals surface area contributed by atoms with Crippen molar-refractivity contribution in [3.8, 4) is 5.75 Å². The number of aliphatic hydroxyl groups is 1. The number of anilines is 1. The molecule has 2 atom stereocenters. The van der Waals surface area contributed by atoms with E-state index in [0.29, 0.717) is 9.83 Å². The van der Waals surface area contributed by atoms with Crippen molar-refractivity contribution >= 4 is 26.7 Å². The highest BCUT2D eigenvalue weighted by molar-refractivity contribution is 7.22. The normalized spacial score (nSPS) is 23.7. The fraction of sp³-hybridized carbons (Fsp3) is 0.462. The molecule has 0 bridgehead atoms. The van der Waals surface area contributed by atoms with Crippen LogP contribution in [0.2, 0.25) is 0 Å². The number of benzene rings is 1. The first-order chi connectivity index (χ1) is 9.13. The number of phenolic OH excluding ortho intramolecular Hbond substituents is 1. The van der Waals surface area contributed by atoms with E-state index in [9.17, 15) is 14.6 Å². The highest BCUT2D eigenvalue weighted by Gasteiger charge is 2.24. The minimum atomic E-state index is -0.525. The highest BCUT2D eigenvalue weighted by Crippen LogP contribution is 2.32. The number of thiazole rings is 1. The number of nitrogens with zero attached hydrogens (tertiary/aromatic N) is 1. The molecule has 19 heavy (non-hydrogen) atoms. The molecule has 1 aliphatic rings. The predicted octanol–water partition coefficient (Wildman–Crippen LogP) is 2.86. The van der Waals surface area contributed by atoms with E-state index in [1.54, 1.807) is 0 Å². The van der Waals surface area contributed by atoms with E-state index in [1.165, 1.54) is 17.4 Å². The molecule has 0 aliphatic heterocycles. The molecule has 0 unspecified atom stereocenters. The Morgan fingerprint density at radius 3 is 2.89 bits per heavy atom. The topological polar surface area (TPSA) is 65.4 Å². The minimum absolute atomic E-state index is 0.0222. The van der Waals surface area contributed by atoms with Crippen molar-refractivity contribution in [2.75, 3.05) is 5.32 Å². The Morgan fingerprint density at radius 1 is 1.32 bits per heavy atom. The van der Waals surface area contributed by atoms with Gasteiger partial charge in [-0.1, -0.05) is 24.2 Å². The van der Waals surface area contributed by atoms with E-state index >= 15 is 0 Å². The molecule has 3 rings (SSSR count). The third-order valence-corrected chi connectivity index (χ3v) is 4.41. The molecular formula is C13H15FN2O2S. The third kappa shape index (κ3) is 2.50. The van der Waals surface area contributed by atoms with Gasteiger partial charge in [0.05, 0.1) is 16.8 Å². The van der Waals surface area contributed by atoms with Crippen molar-refractivity contribution in [2.24, 2.45) is 0 Å². The summed E-state index contributed by atoms with van der Waals surface area (Å²) in [5.74, 6) is -0.624. The molecule has 0 amide bonds. The van der Waals surface area contributed by atoms with Gasteiger partial charge >= 0.3 is 0 Å². The summed E-state index contributed by atoms with van der Waals surface area (Å²) >= 11 is 1.29. The summed E-state index contributed by atoms with van der Waals surface area (Å²) < 4.78 is 14.2. The fourth-order valence-corrected chi connectivity index (χ4v) is 3.45. The van der Waals surface area contributed by atoms with E-state index < -0.39 is 5.82 Å². The van der Waals surface area contributed by atoms with Crippen molar-refractivity contribution in [3.05, 3.63) is 17.9 Å². The van der Waals surface area contributed by atoms with Crippen LogP contribution in [0.4, 0.5) is 9.52 Å². The smallest absolute Gasteiger partial charge is 0.184 e. The first kappa shape index (κ1) is 12.6. The van der Waals surface area contributed by atoms with Crippen LogP contribution in [-0.2, 0) is 0 Å². The summed E-state index contributed by atoms with van der Waals surface area (Å²) in [6.45, 7) is 0. The lowest BCUT2D eigenvalue weighted by Gasteiger charge is -2.27. The summed E-state index contributed by atoms with van der Waals surface area (Å²) in [6.07, 6.45) is 3.43. The number of phenols is 1. The molecule has 4 nitrogen and oxygen atoms in total. The van der Waals surface area contributed by atoms with Gasteiger partial charge in [-0.05, 0) is 18.9 Å². The Bertz CT molecular complexity index is 602. The van der Waals surface area contributed by atoms with Gasteiger partial charge in [0.15, 0.2) is 10.9 Å². The number of rotatable bonds is 2. The zero-order chi connectivity index (χ0) is 13.4. The maximum absolute atomic E-state index is 13.6. The Balaban J connectivity index is 1.87. The molecule has 1 aromatic carbocycles. The van der Waals surface area contributed by atoms with Crippen molar-refractivity contribution < 1.29 is 14.6 Å². The molecule has 1 aromatic heterocycles. The van der Waals surface area contributed by atoms with Gasteiger partial charge in [-0.3, -0.25) is 0 Å². The van der Waals surface area contributed by atoms with Crippen LogP contribution in [0.25, 0.3) is 10.2 Å². The maximum atomic E-state index is 13.6. The van der Waals surface area contributed by atoms with Crippen LogP contribution in [0.1, 0.15) is 25.7 Å². The second-order valence-corrected chi connectivity index (χ2v) is 5.93. The highest BCUT2D eigenvalue weighted by atomic mass is 32.1. The average Bonchev–Trinajstić information content (AvgIpc) is 2.75. The molecule has 0 saturated heterocycles. The number of nitrogens with one attached hydrogen (secondary N) is 1. The van der Waals surface area contributed by atoms with Gasteiger partial charge in [-0.2, -0.15) is 0 Å². The molecule has 1 aliphatic carbocycles. The number of hydrogen-bond donors (Lipinski definition) is 3. The van der Waals surface area contributed by atoms with Gasteiger partial charge in [0.25, 0.3) is 0 Å². The Hall–Kier alpha value is -1.40. The van der Waals surface area contributed by atoms with Crippen molar-refractivity contribution in [1.82, 2.24) is 4.98 Å². The van der Waals surface area contributed by atoms with Crippen LogP contribution in [0, 0.1) is 5.82 Å². The predicted molar refractivity (Wildman–Crippen MR) is 73.1 cm³/mol. The second kappa shape index (κ2) is 4.94. The molecule has 102 valence electrons. The van der Waals surface area contributed by atoms with Gasteiger partial charge in [-0.25, -0.2) is 9.37 Å². The number of aromatic nitrogens is 1. The van der Waals surface area contributed by atoms with Gasteiger partial charge < -0.3 is 15.5 Å². The van der Waals surface area contributed by atoms with Crippen LogP contribution in [0.3, 0.4) is 0 Å². The van der Waals surface area contributed by atoms with Crippen molar-refractivity contribution in [2.45, 2.75) is 37.8 Å². The number of aromatic hydroxyl groups is 1. The van der Waals surface area contributed by atoms with E-state index in [1.807, 2.05) is 0 Å². The van der Waals surface area contributed by atoms with Gasteiger partial charge in [0, 0.05) is 6.07 Å². The molecular weight excluding hydrogens is 267 g/mol. The fourth-order valence-electron chi connectivity index (χ4n) is 2.48. The Kier molecular flexibility index (Phi) is 3.28. The maximum Gasteiger partial charge on any atom is 0.184 e. The average molecular weight is 282 g/mol. The number of hydrogen-bond acceptors (Lipinski definition) is 5. The Morgan fingerprint density at radius 2 is 2.11 bits per heavy atom. The summed E-state index contributed by atoms with van der Waals surface area (Å²) in [5.41, 5.74) is 0.260.